The summed E-state index contributed by atoms with van der Waals surface area (Å²) in [5.74, 6) is -0.539. The minimum atomic E-state index is -3.25. The van der Waals surface area contributed by atoms with E-state index in [0.717, 1.165) is 10.4 Å². The van der Waals surface area contributed by atoms with Crippen LogP contribution in [0.5, 0.6) is 0 Å². The monoisotopic (exact) mass is 492 g/mol. The van der Waals surface area contributed by atoms with E-state index in [4.69, 9.17) is 5.73 Å². The molecule has 170 valence electrons. The van der Waals surface area contributed by atoms with Crippen molar-refractivity contribution in [2.45, 2.75) is 19.0 Å². The normalized spacial score (nSPS) is 13.4. The van der Waals surface area contributed by atoms with Crippen molar-refractivity contribution < 1.29 is 22.7 Å². The van der Waals surface area contributed by atoms with Crippen molar-refractivity contribution in [2.24, 2.45) is 0 Å². The van der Waals surface area contributed by atoms with E-state index < -0.39 is 23.5 Å². The number of sulfone groups is 1. The van der Waals surface area contributed by atoms with Gasteiger partial charge >= 0.3 is 0 Å². The molecule has 10 heteroatoms. The van der Waals surface area contributed by atoms with Gasteiger partial charge in [-0.3, -0.25) is 9.36 Å². The number of anilines is 2. The third kappa shape index (κ3) is 6.07. The summed E-state index contributed by atoms with van der Waals surface area (Å²) in [7, 11) is -6.24. The summed E-state index contributed by atoms with van der Waals surface area (Å²) in [4.78, 5) is 23.5. The zero-order valence-electron chi connectivity index (χ0n) is 17.4. The van der Waals surface area contributed by atoms with E-state index in [0.29, 0.717) is 22.5 Å². The molecule has 1 amide bonds. The van der Waals surface area contributed by atoms with Gasteiger partial charge in [-0.2, -0.15) is 0 Å². The summed E-state index contributed by atoms with van der Waals surface area (Å²) in [6, 6.07) is 15.6. The Morgan fingerprint density at radius 1 is 1.19 bits per heavy atom. The smallest absolute Gasteiger partial charge is 0.255 e. The van der Waals surface area contributed by atoms with Crippen LogP contribution in [0.15, 0.2) is 60.0 Å². The highest BCUT2D eigenvalue weighted by Crippen LogP contribution is 2.40. The number of thiophene rings is 1. The Hall–Kier alpha value is -2.45. The molecule has 3 rings (SSSR count). The van der Waals surface area contributed by atoms with E-state index in [-0.39, 0.29) is 23.8 Å². The molecule has 7 nitrogen and oxygen atoms in total. The highest BCUT2D eigenvalue weighted by Gasteiger charge is 2.21. The zero-order valence-corrected chi connectivity index (χ0v) is 20.1. The molecular formula is C22H25N2O5PS2. The molecule has 0 bridgehead atoms. The van der Waals surface area contributed by atoms with Crippen LogP contribution >= 0.6 is 19.4 Å². The van der Waals surface area contributed by atoms with Gasteiger partial charge in [0.2, 0.25) is 0 Å². The number of carbonyl (C=O) groups excluding carboxylic acids is 1. The van der Waals surface area contributed by atoms with Crippen LogP contribution in [0, 0.1) is 0 Å². The minimum Gasteiger partial charge on any atom is -0.397 e. The number of benzene rings is 2. The molecule has 3 aromatic rings. The van der Waals surface area contributed by atoms with Gasteiger partial charge < -0.3 is 15.9 Å². The molecule has 0 saturated heterocycles. The number of rotatable bonds is 9. The molecule has 0 saturated carbocycles. The van der Waals surface area contributed by atoms with E-state index >= 15 is 0 Å². The molecule has 2 unspecified atom stereocenters. The zero-order chi connectivity index (χ0) is 23.3. The standard InChI is InChI=1S/C22H25N2O5PS2/c1-2-32(28,29)13-11-20(30(26)27)15-5-7-16(8-6-15)22(25)24-19-14-17(9-10-18(19)23)21-4-3-12-31-21/h3-10,12,14,20,30H,2,11,13,23H2,1H3,(H,24,25)(H,26,27). The van der Waals surface area contributed by atoms with Crippen molar-refractivity contribution in [1.29, 1.82) is 0 Å². The first kappa shape index (κ1) is 24.2. The molecule has 4 N–H and O–H groups in total. The quantitative estimate of drug-likeness (QED) is 0.296. The predicted molar refractivity (Wildman–Crippen MR) is 131 cm³/mol. The Morgan fingerprint density at radius 3 is 2.50 bits per heavy atom. The number of nitrogen functional groups attached to an aromatic ring is 1. The lowest BCUT2D eigenvalue weighted by Crippen LogP contribution is -2.14. The summed E-state index contributed by atoms with van der Waals surface area (Å²) in [6.45, 7) is 1.54. The predicted octanol–water partition coefficient (Wildman–Crippen LogP) is 4.58. The van der Waals surface area contributed by atoms with Crippen LogP contribution in [0.3, 0.4) is 0 Å². The van der Waals surface area contributed by atoms with Crippen LogP contribution in [0.25, 0.3) is 10.4 Å². The van der Waals surface area contributed by atoms with Gasteiger partial charge in [0.15, 0.2) is 8.03 Å². The maximum atomic E-state index is 12.7. The molecule has 0 fully saturated rings. The van der Waals surface area contributed by atoms with Crippen molar-refractivity contribution in [3.63, 3.8) is 0 Å². The number of nitrogens with two attached hydrogens (primary N) is 1. The highest BCUT2D eigenvalue weighted by atomic mass is 32.2. The first-order chi connectivity index (χ1) is 15.2. The lowest BCUT2D eigenvalue weighted by molar-refractivity contribution is 0.102. The molecule has 1 aromatic heterocycles. The molecule has 0 aliphatic heterocycles. The highest BCUT2D eigenvalue weighted by molar-refractivity contribution is 7.91. The van der Waals surface area contributed by atoms with Gasteiger partial charge in [0.1, 0.15) is 9.84 Å². The SMILES string of the molecule is CCS(=O)(=O)CCC(c1ccc(C(=O)Nc2cc(-c3cccs3)ccc2N)cc1)[PH](=O)O. The van der Waals surface area contributed by atoms with Crippen molar-refractivity contribution >= 4 is 46.5 Å². The Morgan fingerprint density at radius 2 is 1.91 bits per heavy atom. The Kier molecular flexibility index (Phi) is 7.90. The molecule has 32 heavy (non-hydrogen) atoms. The van der Waals surface area contributed by atoms with Crippen LogP contribution in [-0.4, -0.2) is 30.7 Å². The Bertz CT molecular complexity index is 1210. The van der Waals surface area contributed by atoms with Crippen LogP contribution in [-0.2, 0) is 14.4 Å². The Balaban J connectivity index is 1.75. The van der Waals surface area contributed by atoms with Gasteiger partial charge in [-0.05, 0) is 53.3 Å². The van der Waals surface area contributed by atoms with Crippen LogP contribution in [0.4, 0.5) is 11.4 Å². The van der Waals surface area contributed by atoms with E-state index in [1.807, 2.05) is 29.6 Å². The number of nitrogens with one attached hydrogen (secondary N) is 1. The fraction of sp³-hybridized carbons (Fsp3) is 0.227. The molecule has 1 heterocycles. The largest absolute Gasteiger partial charge is 0.397 e. The van der Waals surface area contributed by atoms with E-state index in [2.05, 4.69) is 5.32 Å². The lowest BCUT2D eigenvalue weighted by Gasteiger charge is -2.15. The van der Waals surface area contributed by atoms with E-state index in [9.17, 15) is 22.7 Å². The third-order valence-corrected chi connectivity index (χ3v) is 9.01. The maximum Gasteiger partial charge on any atom is 0.255 e. The van der Waals surface area contributed by atoms with Crippen LogP contribution < -0.4 is 11.1 Å². The van der Waals surface area contributed by atoms with Crippen molar-refractivity contribution in [3.8, 4) is 10.4 Å². The number of hydrogen-bond donors (Lipinski definition) is 3. The van der Waals surface area contributed by atoms with E-state index in [1.165, 1.54) is 0 Å². The average Bonchev–Trinajstić information content (AvgIpc) is 3.30. The third-order valence-electron chi connectivity index (χ3n) is 5.14. The average molecular weight is 493 g/mol. The molecule has 0 aliphatic rings. The molecule has 2 atom stereocenters. The summed E-state index contributed by atoms with van der Waals surface area (Å²) >= 11 is 1.58. The van der Waals surface area contributed by atoms with Gasteiger partial charge in [-0.1, -0.05) is 31.2 Å². The van der Waals surface area contributed by atoms with Crippen molar-refractivity contribution in [3.05, 3.63) is 71.1 Å². The topological polar surface area (TPSA) is 127 Å². The van der Waals surface area contributed by atoms with E-state index in [1.54, 1.807) is 48.6 Å². The molecule has 0 radical (unpaired) electrons. The fourth-order valence-corrected chi connectivity index (χ4v) is 5.88. The number of hydrogen-bond acceptors (Lipinski definition) is 6. The van der Waals surface area contributed by atoms with Gasteiger partial charge in [0, 0.05) is 16.2 Å². The molecule has 0 spiro atoms. The summed E-state index contributed by atoms with van der Waals surface area (Å²) in [5, 5.41) is 4.78. The second-order valence-corrected chi connectivity index (χ2v) is 12.1. The minimum absolute atomic E-state index is 0.0119. The number of carbonyl (C=O) groups is 1. The second kappa shape index (κ2) is 10.4. The first-order valence-electron chi connectivity index (χ1n) is 9.98. The lowest BCUT2D eigenvalue weighted by atomic mass is 10.1. The van der Waals surface area contributed by atoms with Crippen molar-refractivity contribution in [1.82, 2.24) is 0 Å². The van der Waals surface area contributed by atoms with Gasteiger partial charge in [0.05, 0.1) is 22.8 Å². The summed E-state index contributed by atoms with van der Waals surface area (Å²) < 4.78 is 35.4. The fourth-order valence-electron chi connectivity index (χ4n) is 3.20. The molecular weight excluding hydrogens is 467 g/mol. The second-order valence-electron chi connectivity index (χ2n) is 7.27. The van der Waals surface area contributed by atoms with Crippen molar-refractivity contribution in [2.75, 3.05) is 22.6 Å². The summed E-state index contributed by atoms with van der Waals surface area (Å²) in [6.07, 6.45) is 0.0576. The molecule has 0 aliphatic carbocycles. The first-order valence-corrected chi connectivity index (χ1v) is 14.1. The van der Waals surface area contributed by atoms with Gasteiger partial charge in [0.25, 0.3) is 5.91 Å². The van der Waals surface area contributed by atoms with Crippen LogP contribution in [0.2, 0.25) is 0 Å². The maximum absolute atomic E-state index is 12.7. The summed E-state index contributed by atoms with van der Waals surface area (Å²) in [5.41, 5.74) is 8.00. The van der Waals surface area contributed by atoms with Gasteiger partial charge in [-0.25, -0.2) is 8.42 Å². The Labute approximate surface area is 192 Å². The van der Waals surface area contributed by atoms with Crippen LogP contribution in [0.1, 0.15) is 34.9 Å². The van der Waals surface area contributed by atoms with Gasteiger partial charge in [-0.15, -0.1) is 11.3 Å². The molecule has 2 aromatic carbocycles. The number of amides is 1.